The summed E-state index contributed by atoms with van der Waals surface area (Å²) in [5.41, 5.74) is 6.16. The van der Waals surface area contributed by atoms with Crippen LogP contribution < -0.4 is 10.5 Å². The number of anilines is 1. The molecule has 0 atom stereocenters. The van der Waals surface area contributed by atoms with Gasteiger partial charge in [-0.15, -0.1) is 0 Å². The van der Waals surface area contributed by atoms with Crippen LogP contribution in [0, 0.1) is 0 Å². The summed E-state index contributed by atoms with van der Waals surface area (Å²) in [6, 6.07) is 3.72. The number of oxazole rings is 1. The summed E-state index contributed by atoms with van der Waals surface area (Å²) in [5.74, 6) is 1.15. The van der Waals surface area contributed by atoms with Crippen molar-refractivity contribution in [2.24, 2.45) is 0 Å². The number of hydrogen-bond donors (Lipinski definition) is 1. The van der Waals surface area contributed by atoms with E-state index in [2.05, 4.69) is 9.97 Å². The zero-order chi connectivity index (χ0) is 9.97. The van der Waals surface area contributed by atoms with Gasteiger partial charge in [0.2, 0.25) is 5.88 Å². The van der Waals surface area contributed by atoms with Gasteiger partial charge in [-0.05, 0) is 6.07 Å². The molecular weight excluding hydrogens is 182 g/mol. The van der Waals surface area contributed by atoms with Crippen LogP contribution in [0.15, 0.2) is 28.9 Å². The van der Waals surface area contributed by atoms with Crippen LogP contribution in [0.5, 0.6) is 5.88 Å². The lowest BCUT2D eigenvalue weighted by Gasteiger charge is -1.98. The Balaban J connectivity index is 2.33. The topological polar surface area (TPSA) is 74.2 Å². The predicted molar refractivity (Wildman–Crippen MR) is 50.7 cm³/mol. The number of rotatable bonds is 2. The number of pyridine rings is 1. The summed E-state index contributed by atoms with van der Waals surface area (Å²) < 4.78 is 10.1. The zero-order valence-corrected chi connectivity index (χ0v) is 7.60. The van der Waals surface area contributed by atoms with E-state index in [1.54, 1.807) is 25.6 Å². The Bertz CT molecular complexity index is 422. The number of nitrogens with two attached hydrogens (primary N) is 1. The van der Waals surface area contributed by atoms with Crippen molar-refractivity contribution < 1.29 is 9.15 Å². The summed E-state index contributed by atoms with van der Waals surface area (Å²) in [5, 5.41) is 0. The Morgan fingerprint density at radius 3 is 2.64 bits per heavy atom. The molecule has 0 radical (unpaired) electrons. The van der Waals surface area contributed by atoms with Gasteiger partial charge < -0.3 is 14.9 Å². The Morgan fingerprint density at radius 1 is 1.29 bits per heavy atom. The molecule has 0 aliphatic heterocycles. The molecule has 72 valence electrons. The molecule has 0 saturated carbocycles. The first kappa shape index (κ1) is 8.55. The fourth-order valence-corrected chi connectivity index (χ4v) is 1.07. The van der Waals surface area contributed by atoms with Crippen LogP contribution in [0.1, 0.15) is 0 Å². The molecule has 0 amide bonds. The first-order chi connectivity index (χ1) is 6.79. The maximum atomic E-state index is 5.35. The lowest BCUT2D eigenvalue weighted by molar-refractivity contribution is 0.398. The molecule has 0 fully saturated rings. The van der Waals surface area contributed by atoms with Gasteiger partial charge in [0.15, 0.2) is 5.76 Å². The quantitative estimate of drug-likeness (QED) is 0.775. The van der Waals surface area contributed by atoms with Crippen molar-refractivity contribution in [3.05, 3.63) is 24.5 Å². The van der Waals surface area contributed by atoms with Crippen LogP contribution in [0.2, 0.25) is 0 Å². The molecule has 2 rings (SSSR count). The molecule has 2 aromatic heterocycles. The average Bonchev–Trinajstić information content (AvgIpc) is 2.65. The van der Waals surface area contributed by atoms with Gasteiger partial charge >= 0.3 is 0 Å². The molecule has 2 heterocycles. The average molecular weight is 191 g/mol. The molecule has 2 aromatic rings. The van der Waals surface area contributed by atoms with Crippen LogP contribution in [0.3, 0.4) is 0 Å². The highest BCUT2D eigenvalue weighted by Gasteiger charge is 2.04. The first-order valence-corrected chi connectivity index (χ1v) is 4.01. The number of nitrogens with zero attached hydrogens (tertiary/aromatic N) is 2. The largest absolute Gasteiger partial charge is 0.481 e. The van der Waals surface area contributed by atoms with Crippen molar-refractivity contribution >= 4 is 6.01 Å². The van der Waals surface area contributed by atoms with E-state index in [1.807, 2.05) is 6.07 Å². The molecule has 2 N–H and O–H groups in total. The molecule has 0 spiro atoms. The van der Waals surface area contributed by atoms with Gasteiger partial charge in [-0.25, -0.2) is 9.97 Å². The summed E-state index contributed by atoms with van der Waals surface area (Å²) in [6.07, 6.45) is 3.19. The van der Waals surface area contributed by atoms with E-state index < -0.39 is 0 Å². The smallest absolute Gasteiger partial charge is 0.292 e. The third-order valence-corrected chi connectivity index (χ3v) is 1.75. The lowest BCUT2D eigenvalue weighted by atomic mass is 10.2. The highest BCUT2D eigenvalue weighted by molar-refractivity contribution is 5.56. The molecule has 14 heavy (non-hydrogen) atoms. The predicted octanol–water partition coefficient (Wildman–Crippen LogP) is 1.33. The fourth-order valence-electron chi connectivity index (χ4n) is 1.07. The number of nitrogen functional groups attached to an aromatic ring is 1. The van der Waals surface area contributed by atoms with Crippen LogP contribution in [0.25, 0.3) is 11.3 Å². The number of ether oxygens (including phenoxy) is 1. The Kier molecular flexibility index (Phi) is 2.06. The lowest BCUT2D eigenvalue weighted by Crippen LogP contribution is -1.86. The van der Waals surface area contributed by atoms with Crippen molar-refractivity contribution in [1.29, 1.82) is 0 Å². The monoisotopic (exact) mass is 191 g/mol. The van der Waals surface area contributed by atoms with E-state index in [9.17, 15) is 0 Å². The molecule has 0 aromatic carbocycles. The molecule has 5 heteroatoms. The van der Waals surface area contributed by atoms with E-state index >= 15 is 0 Å². The van der Waals surface area contributed by atoms with Crippen LogP contribution in [-0.4, -0.2) is 17.1 Å². The minimum Gasteiger partial charge on any atom is -0.481 e. The van der Waals surface area contributed by atoms with E-state index in [1.165, 1.54) is 0 Å². The van der Waals surface area contributed by atoms with Crippen molar-refractivity contribution in [3.63, 3.8) is 0 Å². The van der Waals surface area contributed by atoms with Gasteiger partial charge in [-0.1, -0.05) is 0 Å². The number of hydrogen-bond acceptors (Lipinski definition) is 5. The normalized spacial score (nSPS) is 10.1. The maximum Gasteiger partial charge on any atom is 0.292 e. The molecule has 0 unspecified atom stereocenters. The van der Waals surface area contributed by atoms with Crippen LogP contribution in [0.4, 0.5) is 6.01 Å². The van der Waals surface area contributed by atoms with Crippen molar-refractivity contribution in [1.82, 2.24) is 9.97 Å². The van der Waals surface area contributed by atoms with Crippen molar-refractivity contribution in [3.8, 4) is 17.2 Å². The van der Waals surface area contributed by atoms with Gasteiger partial charge in [0.25, 0.3) is 6.01 Å². The van der Waals surface area contributed by atoms with Crippen LogP contribution in [-0.2, 0) is 0 Å². The Labute approximate surface area is 80.5 Å². The van der Waals surface area contributed by atoms with Gasteiger partial charge in [0.05, 0.1) is 13.3 Å². The number of methoxy groups -OCH3 is 1. The third-order valence-electron chi connectivity index (χ3n) is 1.75. The fraction of sp³-hybridized carbons (Fsp3) is 0.111. The minimum atomic E-state index is 0.149. The summed E-state index contributed by atoms with van der Waals surface area (Å²) in [4.78, 5) is 7.82. The molecule has 5 nitrogen and oxygen atoms in total. The zero-order valence-electron chi connectivity index (χ0n) is 7.60. The van der Waals surface area contributed by atoms with Crippen LogP contribution >= 0.6 is 0 Å². The van der Waals surface area contributed by atoms with Crippen molar-refractivity contribution in [2.45, 2.75) is 0 Å². The molecule has 0 aliphatic rings. The van der Waals surface area contributed by atoms with E-state index in [0.717, 1.165) is 5.56 Å². The van der Waals surface area contributed by atoms with E-state index in [4.69, 9.17) is 14.9 Å². The second-order valence-corrected chi connectivity index (χ2v) is 2.65. The third kappa shape index (κ3) is 1.52. The van der Waals surface area contributed by atoms with Crippen molar-refractivity contribution in [2.75, 3.05) is 12.8 Å². The van der Waals surface area contributed by atoms with Gasteiger partial charge in [-0.2, -0.15) is 0 Å². The minimum absolute atomic E-state index is 0.149. The highest BCUT2D eigenvalue weighted by atomic mass is 16.5. The van der Waals surface area contributed by atoms with Gasteiger partial charge in [0, 0.05) is 17.8 Å². The molecule has 0 aliphatic carbocycles. The van der Waals surface area contributed by atoms with Gasteiger partial charge in [-0.3, -0.25) is 0 Å². The second-order valence-electron chi connectivity index (χ2n) is 2.65. The van der Waals surface area contributed by atoms with E-state index in [-0.39, 0.29) is 6.01 Å². The Morgan fingerprint density at radius 2 is 2.14 bits per heavy atom. The molecular formula is C9H9N3O2. The standard InChI is InChI=1S/C9H9N3O2/c1-13-8-3-2-6(4-11-8)7-5-12-9(10)14-7/h2-5H,1H3,(H2,10,12). The molecule has 0 bridgehead atoms. The summed E-state index contributed by atoms with van der Waals surface area (Å²) >= 11 is 0. The first-order valence-electron chi connectivity index (χ1n) is 4.01. The SMILES string of the molecule is COc1ccc(-c2cnc(N)o2)cn1. The van der Waals surface area contributed by atoms with Gasteiger partial charge in [0.1, 0.15) is 0 Å². The summed E-state index contributed by atoms with van der Waals surface area (Å²) in [6.45, 7) is 0. The Hall–Kier alpha value is -2.04. The maximum absolute atomic E-state index is 5.35. The second kappa shape index (κ2) is 3.37. The van der Waals surface area contributed by atoms with E-state index in [0.29, 0.717) is 11.6 Å². The highest BCUT2D eigenvalue weighted by Crippen LogP contribution is 2.21. The summed E-state index contributed by atoms with van der Waals surface area (Å²) in [7, 11) is 1.56. The number of aromatic nitrogens is 2. The molecule has 0 saturated heterocycles.